The van der Waals surface area contributed by atoms with E-state index in [0.29, 0.717) is 12.5 Å². The van der Waals surface area contributed by atoms with Gasteiger partial charge in [-0.1, -0.05) is 30.3 Å². The van der Waals surface area contributed by atoms with Crippen LogP contribution in [-0.2, 0) is 6.54 Å². The Hall–Kier alpha value is -1.07. The Balaban J connectivity index is 1.69. The number of halogens is 3. The molecule has 1 aliphatic rings. The lowest BCUT2D eigenvalue weighted by molar-refractivity contribution is -0.124. The normalized spacial score (nSPS) is 20.6. The van der Waals surface area contributed by atoms with E-state index in [2.05, 4.69) is 22.3 Å². The smallest absolute Gasteiger partial charge is 0.309 e. The second-order valence-corrected chi connectivity index (χ2v) is 5.81. The van der Waals surface area contributed by atoms with Gasteiger partial charge in [-0.3, -0.25) is 4.90 Å². The van der Waals surface area contributed by atoms with Crippen molar-refractivity contribution in [2.45, 2.75) is 32.0 Å². The van der Waals surface area contributed by atoms with Gasteiger partial charge in [-0.05, 0) is 43.8 Å². The van der Waals surface area contributed by atoms with E-state index in [-0.39, 0.29) is 0 Å². The molecule has 1 aliphatic heterocycles. The summed E-state index contributed by atoms with van der Waals surface area (Å²) in [5, 5.41) is 2.49. The third-order valence-electron chi connectivity index (χ3n) is 3.91. The summed E-state index contributed by atoms with van der Waals surface area (Å²) in [4.78, 5) is 2.41. The van der Waals surface area contributed by atoms with E-state index in [1.165, 1.54) is 5.56 Å². The minimum atomic E-state index is -4.11. The highest BCUT2D eigenvalue weighted by Crippen LogP contribution is 2.21. The number of piperidine rings is 1. The SMILES string of the molecule is FC(F)(F)CNCCC1CCCN(Cc2ccccc2)C1. The minimum Gasteiger partial charge on any atom is -0.309 e. The first-order valence-corrected chi connectivity index (χ1v) is 7.57. The van der Waals surface area contributed by atoms with Crippen molar-refractivity contribution >= 4 is 0 Å². The number of alkyl halides is 3. The van der Waals surface area contributed by atoms with E-state index in [9.17, 15) is 13.2 Å². The van der Waals surface area contributed by atoms with E-state index < -0.39 is 12.7 Å². The topological polar surface area (TPSA) is 15.3 Å². The molecule has 1 heterocycles. The van der Waals surface area contributed by atoms with Gasteiger partial charge < -0.3 is 5.32 Å². The molecule has 1 N–H and O–H groups in total. The van der Waals surface area contributed by atoms with Crippen molar-refractivity contribution in [1.29, 1.82) is 0 Å². The van der Waals surface area contributed by atoms with Crippen LogP contribution in [-0.4, -0.2) is 37.3 Å². The van der Waals surface area contributed by atoms with Gasteiger partial charge in [0.25, 0.3) is 0 Å². The third-order valence-corrected chi connectivity index (χ3v) is 3.91. The van der Waals surface area contributed by atoms with Gasteiger partial charge in [-0.25, -0.2) is 0 Å². The van der Waals surface area contributed by atoms with Gasteiger partial charge in [-0.2, -0.15) is 13.2 Å². The van der Waals surface area contributed by atoms with Crippen LogP contribution in [0, 0.1) is 5.92 Å². The van der Waals surface area contributed by atoms with Crippen LogP contribution in [0.3, 0.4) is 0 Å². The molecule has 118 valence electrons. The molecule has 1 aromatic carbocycles. The maximum atomic E-state index is 12.1. The molecular weight excluding hydrogens is 277 g/mol. The van der Waals surface area contributed by atoms with E-state index >= 15 is 0 Å². The van der Waals surface area contributed by atoms with Gasteiger partial charge >= 0.3 is 6.18 Å². The molecule has 1 saturated heterocycles. The molecule has 2 rings (SSSR count). The zero-order valence-electron chi connectivity index (χ0n) is 12.2. The van der Waals surface area contributed by atoms with Crippen LogP contribution in [0.15, 0.2) is 30.3 Å². The summed E-state index contributed by atoms with van der Waals surface area (Å²) in [6.07, 6.45) is -1.02. The Morgan fingerprint density at radius 3 is 2.67 bits per heavy atom. The summed E-state index contributed by atoms with van der Waals surface area (Å²) in [5.41, 5.74) is 1.30. The molecule has 1 aromatic rings. The first kappa shape index (κ1) is 16.3. The Morgan fingerprint density at radius 1 is 1.19 bits per heavy atom. The predicted octanol–water partition coefficient (Wildman–Crippen LogP) is 3.44. The summed E-state index contributed by atoms with van der Waals surface area (Å²) in [7, 11) is 0. The monoisotopic (exact) mass is 300 g/mol. The van der Waals surface area contributed by atoms with E-state index in [0.717, 1.165) is 38.9 Å². The van der Waals surface area contributed by atoms with Crippen molar-refractivity contribution in [2.75, 3.05) is 26.2 Å². The number of rotatable bonds is 6. The number of benzene rings is 1. The Labute approximate surface area is 124 Å². The Morgan fingerprint density at radius 2 is 1.95 bits per heavy atom. The van der Waals surface area contributed by atoms with Crippen LogP contribution in [0.4, 0.5) is 13.2 Å². The lowest BCUT2D eigenvalue weighted by atomic mass is 9.94. The molecule has 0 amide bonds. The number of nitrogens with one attached hydrogen (secondary N) is 1. The second kappa shape index (κ2) is 7.80. The fraction of sp³-hybridized carbons (Fsp3) is 0.625. The number of nitrogens with zero attached hydrogens (tertiary/aromatic N) is 1. The summed E-state index contributed by atoms with van der Waals surface area (Å²) >= 11 is 0. The van der Waals surface area contributed by atoms with Crippen molar-refractivity contribution < 1.29 is 13.2 Å². The van der Waals surface area contributed by atoms with E-state index in [4.69, 9.17) is 0 Å². The van der Waals surface area contributed by atoms with Gasteiger partial charge in [0.05, 0.1) is 6.54 Å². The molecule has 0 saturated carbocycles. The van der Waals surface area contributed by atoms with Crippen molar-refractivity contribution in [3.63, 3.8) is 0 Å². The lowest BCUT2D eigenvalue weighted by Crippen LogP contribution is -2.37. The molecule has 0 bridgehead atoms. The number of likely N-dealkylation sites (tertiary alicyclic amines) is 1. The minimum absolute atomic E-state index is 0.448. The third kappa shape index (κ3) is 6.48. The predicted molar refractivity (Wildman–Crippen MR) is 78.0 cm³/mol. The molecular formula is C16H23F3N2. The van der Waals surface area contributed by atoms with Crippen molar-refractivity contribution in [3.8, 4) is 0 Å². The average molecular weight is 300 g/mol. The van der Waals surface area contributed by atoms with Gasteiger partial charge in [0.2, 0.25) is 0 Å². The summed E-state index contributed by atoms with van der Waals surface area (Å²) in [5.74, 6) is 0.503. The van der Waals surface area contributed by atoms with Crippen LogP contribution < -0.4 is 5.32 Å². The fourth-order valence-electron chi connectivity index (χ4n) is 2.91. The van der Waals surface area contributed by atoms with Gasteiger partial charge in [0.1, 0.15) is 0 Å². The molecule has 5 heteroatoms. The quantitative estimate of drug-likeness (QED) is 0.810. The largest absolute Gasteiger partial charge is 0.401 e. The standard InChI is InChI=1S/C16H23F3N2/c17-16(18,19)13-20-9-8-15-7-4-10-21(12-15)11-14-5-2-1-3-6-14/h1-3,5-6,15,20H,4,7-13H2. The van der Waals surface area contributed by atoms with Gasteiger partial charge in [-0.15, -0.1) is 0 Å². The molecule has 1 unspecified atom stereocenters. The lowest BCUT2D eigenvalue weighted by Gasteiger charge is -2.33. The van der Waals surface area contributed by atoms with E-state index in [1.807, 2.05) is 18.2 Å². The fourth-order valence-corrected chi connectivity index (χ4v) is 2.91. The van der Waals surface area contributed by atoms with Gasteiger partial charge in [0.15, 0.2) is 0 Å². The van der Waals surface area contributed by atoms with Crippen LogP contribution >= 0.6 is 0 Å². The summed E-state index contributed by atoms with van der Waals surface area (Å²) in [6.45, 7) is 2.58. The molecule has 0 aromatic heterocycles. The van der Waals surface area contributed by atoms with Crippen LogP contribution in [0.2, 0.25) is 0 Å². The molecule has 2 nitrogen and oxygen atoms in total. The van der Waals surface area contributed by atoms with Crippen LogP contribution in [0.5, 0.6) is 0 Å². The van der Waals surface area contributed by atoms with Crippen LogP contribution in [0.25, 0.3) is 0 Å². The highest BCUT2D eigenvalue weighted by Gasteiger charge is 2.26. The van der Waals surface area contributed by atoms with Crippen LogP contribution in [0.1, 0.15) is 24.8 Å². The maximum absolute atomic E-state index is 12.1. The second-order valence-electron chi connectivity index (χ2n) is 5.81. The Bertz CT molecular complexity index is 406. The zero-order valence-corrected chi connectivity index (χ0v) is 12.2. The van der Waals surface area contributed by atoms with Crippen molar-refractivity contribution in [2.24, 2.45) is 5.92 Å². The zero-order chi connectivity index (χ0) is 15.1. The van der Waals surface area contributed by atoms with Gasteiger partial charge in [0, 0.05) is 13.1 Å². The average Bonchev–Trinajstić information content (AvgIpc) is 2.44. The first-order chi connectivity index (χ1) is 10.0. The Kier molecular flexibility index (Phi) is 6.06. The molecule has 0 radical (unpaired) electrons. The van der Waals surface area contributed by atoms with E-state index in [1.54, 1.807) is 0 Å². The van der Waals surface area contributed by atoms with Crippen molar-refractivity contribution in [3.05, 3.63) is 35.9 Å². The molecule has 0 aliphatic carbocycles. The highest BCUT2D eigenvalue weighted by molar-refractivity contribution is 5.14. The van der Waals surface area contributed by atoms with Crippen molar-refractivity contribution in [1.82, 2.24) is 10.2 Å². The number of hydrogen-bond donors (Lipinski definition) is 1. The molecule has 1 atom stereocenters. The number of hydrogen-bond acceptors (Lipinski definition) is 2. The molecule has 1 fully saturated rings. The summed E-state index contributed by atoms with van der Waals surface area (Å²) < 4.78 is 36.2. The highest BCUT2D eigenvalue weighted by atomic mass is 19.4. The molecule has 21 heavy (non-hydrogen) atoms. The first-order valence-electron chi connectivity index (χ1n) is 7.57. The maximum Gasteiger partial charge on any atom is 0.401 e. The summed E-state index contributed by atoms with van der Waals surface area (Å²) in [6, 6.07) is 10.3. The molecule has 0 spiro atoms.